The van der Waals surface area contributed by atoms with Gasteiger partial charge in [-0.1, -0.05) is 40.2 Å². The number of rotatable bonds is 5. The number of aromatic nitrogens is 1. The maximum absolute atomic E-state index is 12.7. The van der Waals surface area contributed by atoms with E-state index >= 15 is 0 Å². The van der Waals surface area contributed by atoms with Gasteiger partial charge in [0.05, 0.1) is 18.2 Å². The Morgan fingerprint density at radius 3 is 2.76 bits per heavy atom. The molecule has 1 atom stereocenters. The summed E-state index contributed by atoms with van der Waals surface area (Å²) in [5.74, 6) is -0.269. The molecule has 0 N–H and O–H groups in total. The van der Waals surface area contributed by atoms with Crippen molar-refractivity contribution in [3.05, 3.63) is 64.4 Å². The van der Waals surface area contributed by atoms with E-state index in [-0.39, 0.29) is 24.2 Å². The number of benzene rings is 1. The molecule has 2 amide bonds. The smallest absolute Gasteiger partial charge is 0.228 e. The molecule has 0 radical (unpaired) electrons. The molecule has 1 aromatic carbocycles. The van der Waals surface area contributed by atoms with Gasteiger partial charge in [-0.05, 0) is 23.8 Å². The van der Waals surface area contributed by atoms with Crippen LogP contribution < -0.4 is 0 Å². The van der Waals surface area contributed by atoms with E-state index in [1.807, 2.05) is 42.5 Å². The molecule has 5 nitrogen and oxygen atoms in total. The molecule has 130 valence electrons. The molecule has 1 saturated heterocycles. The molecule has 2 heterocycles. The fourth-order valence-electron chi connectivity index (χ4n) is 3.05. The highest BCUT2D eigenvalue weighted by atomic mass is 79.9. The average molecular weight is 402 g/mol. The summed E-state index contributed by atoms with van der Waals surface area (Å²) in [5, 5.41) is 0. The van der Waals surface area contributed by atoms with Gasteiger partial charge in [0.1, 0.15) is 0 Å². The molecule has 25 heavy (non-hydrogen) atoms. The van der Waals surface area contributed by atoms with E-state index in [4.69, 9.17) is 0 Å². The molecule has 0 aliphatic carbocycles. The van der Waals surface area contributed by atoms with Crippen molar-refractivity contribution in [2.45, 2.75) is 19.5 Å². The first-order valence-corrected chi connectivity index (χ1v) is 9.00. The molecule has 2 aromatic rings. The number of carbonyl (C=O) groups is 2. The van der Waals surface area contributed by atoms with Gasteiger partial charge in [-0.2, -0.15) is 0 Å². The van der Waals surface area contributed by atoms with Crippen LogP contribution in [0.5, 0.6) is 0 Å². The molecule has 1 aliphatic rings. The topological polar surface area (TPSA) is 53.5 Å². The van der Waals surface area contributed by atoms with Gasteiger partial charge in [-0.3, -0.25) is 14.6 Å². The van der Waals surface area contributed by atoms with E-state index < -0.39 is 0 Å². The molecule has 1 aliphatic heterocycles. The van der Waals surface area contributed by atoms with Gasteiger partial charge in [0.2, 0.25) is 11.8 Å². The Balaban J connectivity index is 1.61. The normalized spacial score (nSPS) is 17.0. The standard InChI is InChI=1S/C19H20BrN3O2/c1-22(11-14-6-2-3-8-17(14)20)19(25)15-10-18(24)23(12-15)13-16-7-4-5-9-21-16/h2-9,15H,10-13H2,1H3. The summed E-state index contributed by atoms with van der Waals surface area (Å²) in [6.45, 7) is 1.43. The lowest BCUT2D eigenvalue weighted by Crippen LogP contribution is -2.34. The number of halogens is 1. The fourth-order valence-corrected chi connectivity index (χ4v) is 3.46. The van der Waals surface area contributed by atoms with Crippen LogP contribution in [0.4, 0.5) is 0 Å². The number of hydrogen-bond acceptors (Lipinski definition) is 3. The van der Waals surface area contributed by atoms with Crippen LogP contribution in [0, 0.1) is 5.92 Å². The molecule has 0 bridgehead atoms. The largest absolute Gasteiger partial charge is 0.341 e. The second-order valence-electron chi connectivity index (χ2n) is 6.28. The van der Waals surface area contributed by atoms with Crippen molar-refractivity contribution < 1.29 is 9.59 Å². The number of hydrogen-bond donors (Lipinski definition) is 0. The minimum Gasteiger partial charge on any atom is -0.341 e. The van der Waals surface area contributed by atoms with Crippen molar-refractivity contribution in [3.8, 4) is 0 Å². The minimum absolute atomic E-state index is 0.00706. The van der Waals surface area contributed by atoms with Crippen LogP contribution in [0.1, 0.15) is 17.7 Å². The molecule has 0 saturated carbocycles. The number of carbonyl (C=O) groups excluding carboxylic acids is 2. The Kier molecular flexibility index (Phi) is 5.48. The molecule has 1 fully saturated rings. The highest BCUT2D eigenvalue weighted by Gasteiger charge is 2.35. The quantitative estimate of drug-likeness (QED) is 0.773. The lowest BCUT2D eigenvalue weighted by atomic mass is 10.1. The van der Waals surface area contributed by atoms with E-state index in [1.165, 1.54) is 0 Å². The first-order chi connectivity index (χ1) is 12.0. The van der Waals surface area contributed by atoms with Gasteiger partial charge >= 0.3 is 0 Å². The Labute approximate surface area is 155 Å². The molecular weight excluding hydrogens is 382 g/mol. The molecule has 1 unspecified atom stereocenters. The van der Waals surface area contributed by atoms with E-state index in [2.05, 4.69) is 20.9 Å². The van der Waals surface area contributed by atoms with Crippen molar-refractivity contribution in [2.24, 2.45) is 5.92 Å². The Hall–Kier alpha value is -2.21. The Morgan fingerprint density at radius 2 is 2.04 bits per heavy atom. The summed E-state index contributed by atoms with van der Waals surface area (Å²) in [6, 6.07) is 13.5. The summed E-state index contributed by atoms with van der Waals surface area (Å²) in [4.78, 5) is 32.6. The predicted octanol–water partition coefficient (Wildman–Crippen LogP) is 2.85. The monoisotopic (exact) mass is 401 g/mol. The fraction of sp³-hybridized carbons (Fsp3) is 0.316. The summed E-state index contributed by atoms with van der Waals surface area (Å²) < 4.78 is 0.980. The average Bonchev–Trinajstić information content (AvgIpc) is 2.98. The van der Waals surface area contributed by atoms with Crippen molar-refractivity contribution in [2.75, 3.05) is 13.6 Å². The molecule has 6 heteroatoms. The van der Waals surface area contributed by atoms with Crippen LogP contribution in [-0.2, 0) is 22.7 Å². The lowest BCUT2D eigenvalue weighted by molar-refractivity contribution is -0.135. The Bertz CT molecular complexity index is 766. The van der Waals surface area contributed by atoms with E-state index in [9.17, 15) is 9.59 Å². The van der Waals surface area contributed by atoms with Gasteiger partial charge < -0.3 is 9.80 Å². The molecule has 1 aromatic heterocycles. The van der Waals surface area contributed by atoms with Crippen LogP contribution in [0.2, 0.25) is 0 Å². The second kappa shape index (κ2) is 7.78. The van der Waals surface area contributed by atoms with Gasteiger partial charge in [0.25, 0.3) is 0 Å². The Morgan fingerprint density at radius 1 is 1.28 bits per heavy atom. The lowest BCUT2D eigenvalue weighted by Gasteiger charge is -2.22. The SMILES string of the molecule is CN(Cc1ccccc1Br)C(=O)C1CC(=O)N(Cc2ccccn2)C1. The predicted molar refractivity (Wildman–Crippen MR) is 98.4 cm³/mol. The zero-order chi connectivity index (χ0) is 17.8. The van der Waals surface area contributed by atoms with Crippen molar-refractivity contribution >= 4 is 27.7 Å². The van der Waals surface area contributed by atoms with Crippen LogP contribution in [-0.4, -0.2) is 40.2 Å². The molecular formula is C19H20BrN3O2. The van der Waals surface area contributed by atoms with Crippen molar-refractivity contribution in [1.82, 2.24) is 14.8 Å². The van der Waals surface area contributed by atoms with Crippen LogP contribution in [0.3, 0.4) is 0 Å². The third-order valence-corrected chi connectivity index (χ3v) is 5.16. The zero-order valence-electron chi connectivity index (χ0n) is 14.1. The molecule has 3 rings (SSSR count). The zero-order valence-corrected chi connectivity index (χ0v) is 15.6. The van der Waals surface area contributed by atoms with Crippen molar-refractivity contribution in [1.29, 1.82) is 0 Å². The number of likely N-dealkylation sites (tertiary alicyclic amines) is 1. The highest BCUT2D eigenvalue weighted by molar-refractivity contribution is 9.10. The summed E-state index contributed by atoms with van der Waals surface area (Å²) in [7, 11) is 1.79. The van der Waals surface area contributed by atoms with Gasteiger partial charge in [-0.25, -0.2) is 0 Å². The number of amides is 2. The minimum atomic E-state index is -0.288. The summed E-state index contributed by atoms with van der Waals surface area (Å²) >= 11 is 3.51. The van der Waals surface area contributed by atoms with E-state index in [0.717, 1.165) is 15.7 Å². The molecule has 0 spiro atoms. The van der Waals surface area contributed by atoms with Gasteiger partial charge in [0, 0.05) is 37.2 Å². The number of pyridine rings is 1. The van der Waals surface area contributed by atoms with Crippen LogP contribution >= 0.6 is 15.9 Å². The van der Waals surface area contributed by atoms with Crippen LogP contribution in [0.15, 0.2) is 53.1 Å². The third-order valence-electron chi connectivity index (χ3n) is 4.38. The van der Waals surface area contributed by atoms with Gasteiger partial charge in [-0.15, -0.1) is 0 Å². The highest BCUT2D eigenvalue weighted by Crippen LogP contribution is 2.23. The maximum atomic E-state index is 12.7. The second-order valence-corrected chi connectivity index (χ2v) is 7.14. The maximum Gasteiger partial charge on any atom is 0.228 e. The first kappa shape index (κ1) is 17.6. The van der Waals surface area contributed by atoms with E-state index in [0.29, 0.717) is 19.6 Å². The van der Waals surface area contributed by atoms with Crippen LogP contribution in [0.25, 0.3) is 0 Å². The van der Waals surface area contributed by atoms with Crippen molar-refractivity contribution in [3.63, 3.8) is 0 Å². The number of nitrogens with zero attached hydrogens (tertiary/aromatic N) is 3. The van der Waals surface area contributed by atoms with E-state index in [1.54, 1.807) is 23.0 Å². The summed E-state index contributed by atoms with van der Waals surface area (Å²) in [5.41, 5.74) is 1.89. The third kappa shape index (κ3) is 4.25. The van der Waals surface area contributed by atoms with Gasteiger partial charge in [0.15, 0.2) is 0 Å². The summed E-state index contributed by atoms with van der Waals surface area (Å²) in [6.07, 6.45) is 1.98. The first-order valence-electron chi connectivity index (χ1n) is 8.20.